The fraction of sp³-hybridized carbons (Fsp3) is 0.348. The number of rotatable bonds is 5. The number of para-hydroxylation sites is 1. The van der Waals surface area contributed by atoms with Gasteiger partial charge in [-0.25, -0.2) is 4.98 Å². The smallest absolute Gasteiger partial charge is 0.246 e. The number of hydrogen-bond acceptors (Lipinski definition) is 4. The molecule has 1 N–H and O–H groups in total. The highest BCUT2D eigenvalue weighted by Gasteiger charge is 2.20. The van der Waals surface area contributed by atoms with Crippen LogP contribution in [0.15, 0.2) is 42.5 Å². The summed E-state index contributed by atoms with van der Waals surface area (Å²) in [6.45, 7) is 9.89. The first-order chi connectivity index (χ1) is 14.5. The van der Waals surface area contributed by atoms with E-state index in [0.717, 1.165) is 60.5 Å². The van der Waals surface area contributed by atoms with Gasteiger partial charge in [-0.05, 0) is 50.6 Å². The molecule has 0 unspecified atom stereocenters. The molecule has 0 atom stereocenters. The van der Waals surface area contributed by atoms with E-state index < -0.39 is 0 Å². The topological polar surface area (TPSA) is 70.1 Å². The summed E-state index contributed by atoms with van der Waals surface area (Å²) >= 11 is 0. The SMILES string of the molecule is Cc1nc(CN2CCN(C(=O)/C=C/c3cc(C)n(-c4ccccc4)c3C)CC2)n[nH]1. The van der Waals surface area contributed by atoms with Gasteiger partial charge in [0, 0.05) is 49.3 Å². The molecule has 1 saturated heterocycles. The highest BCUT2D eigenvalue weighted by Crippen LogP contribution is 2.21. The molecule has 1 aliphatic rings. The Kier molecular flexibility index (Phi) is 5.81. The third-order valence-electron chi connectivity index (χ3n) is 5.58. The zero-order chi connectivity index (χ0) is 21.1. The number of carbonyl (C=O) groups is 1. The predicted molar refractivity (Wildman–Crippen MR) is 117 cm³/mol. The van der Waals surface area contributed by atoms with E-state index in [4.69, 9.17) is 0 Å². The van der Waals surface area contributed by atoms with E-state index >= 15 is 0 Å². The minimum absolute atomic E-state index is 0.0629. The Morgan fingerprint density at radius 2 is 1.83 bits per heavy atom. The second-order valence-electron chi connectivity index (χ2n) is 7.77. The number of aryl methyl sites for hydroxylation is 2. The van der Waals surface area contributed by atoms with Crippen LogP contribution in [0, 0.1) is 20.8 Å². The lowest BCUT2D eigenvalue weighted by molar-refractivity contribution is -0.127. The number of hydrogen-bond donors (Lipinski definition) is 1. The third-order valence-corrected chi connectivity index (χ3v) is 5.58. The lowest BCUT2D eigenvalue weighted by Gasteiger charge is -2.33. The molecule has 2 aromatic heterocycles. The molecule has 0 spiro atoms. The molecule has 0 radical (unpaired) electrons. The van der Waals surface area contributed by atoms with Crippen molar-refractivity contribution < 1.29 is 4.79 Å². The van der Waals surface area contributed by atoms with Gasteiger partial charge in [-0.15, -0.1) is 0 Å². The van der Waals surface area contributed by atoms with Crippen LogP contribution >= 0.6 is 0 Å². The first-order valence-corrected chi connectivity index (χ1v) is 10.3. The summed E-state index contributed by atoms with van der Waals surface area (Å²) in [6.07, 6.45) is 3.64. The minimum Gasteiger partial charge on any atom is -0.337 e. The first kappa shape index (κ1) is 20.1. The van der Waals surface area contributed by atoms with Crippen molar-refractivity contribution in [3.05, 3.63) is 71.1 Å². The molecule has 156 valence electrons. The number of benzene rings is 1. The summed E-state index contributed by atoms with van der Waals surface area (Å²) in [5, 5.41) is 7.07. The first-order valence-electron chi connectivity index (χ1n) is 10.3. The van der Waals surface area contributed by atoms with Crippen molar-refractivity contribution in [3.63, 3.8) is 0 Å². The zero-order valence-corrected chi connectivity index (χ0v) is 17.8. The van der Waals surface area contributed by atoms with E-state index in [0.29, 0.717) is 6.54 Å². The minimum atomic E-state index is 0.0629. The normalized spacial score (nSPS) is 15.2. The molecule has 1 amide bonds. The summed E-state index contributed by atoms with van der Waals surface area (Å²) in [5.74, 6) is 1.70. The van der Waals surface area contributed by atoms with Gasteiger partial charge in [-0.3, -0.25) is 14.8 Å². The van der Waals surface area contributed by atoms with Crippen molar-refractivity contribution in [3.8, 4) is 5.69 Å². The highest BCUT2D eigenvalue weighted by molar-refractivity contribution is 5.92. The fourth-order valence-electron chi connectivity index (χ4n) is 3.98. The summed E-state index contributed by atoms with van der Waals surface area (Å²) in [6, 6.07) is 12.4. The highest BCUT2D eigenvalue weighted by atomic mass is 16.2. The number of piperazine rings is 1. The summed E-state index contributed by atoms with van der Waals surface area (Å²) < 4.78 is 2.22. The van der Waals surface area contributed by atoms with Crippen molar-refractivity contribution in [2.75, 3.05) is 26.2 Å². The van der Waals surface area contributed by atoms with Crippen LogP contribution in [-0.4, -0.2) is 61.6 Å². The van der Waals surface area contributed by atoms with Crippen LogP contribution in [0.2, 0.25) is 0 Å². The number of nitrogens with zero attached hydrogens (tertiary/aromatic N) is 5. The van der Waals surface area contributed by atoms with E-state index in [2.05, 4.69) is 56.7 Å². The van der Waals surface area contributed by atoms with Crippen LogP contribution in [0.4, 0.5) is 0 Å². The van der Waals surface area contributed by atoms with Gasteiger partial charge in [0.05, 0.1) is 6.54 Å². The van der Waals surface area contributed by atoms with Crippen molar-refractivity contribution in [1.82, 2.24) is 29.5 Å². The molecule has 0 bridgehead atoms. The maximum atomic E-state index is 12.7. The van der Waals surface area contributed by atoms with Crippen LogP contribution in [-0.2, 0) is 11.3 Å². The van der Waals surface area contributed by atoms with Crippen molar-refractivity contribution in [2.45, 2.75) is 27.3 Å². The quantitative estimate of drug-likeness (QED) is 0.664. The second kappa shape index (κ2) is 8.67. The molecule has 4 rings (SSSR count). The Labute approximate surface area is 177 Å². The van der Waals surface area contributed by atoms with E-state index in [9.17, 15) is 4.79 Å². The molecule has 30 heavy (non-hydrogen) atoms. The average molecular weight is 405 g/mol. The zero-order valence-electron chi connectivity index (χ0n) is 17.8. The summed E-state index contributed by atoms with van der Waals surface area (Å²) in [5.41, 5.74) is 4.50. The van der Waals surface area contributed by atoms with Crippen molar-refractivity contribution in [2.24, 2.45) is 0 Å². The van der Waals surface area contributed by atoms with Gasteiger partial charge in [0.2, 0.25) is 5.91 Å². The Morgan fingerprint density at radius 3 is 2.50 bits per heavy atom. The molecular formula is C23H28N6O. The molecule has 1 fully saturated rings. The van der Waals surface area contributed by atoms with E-state index in [1.807, 2.05) is 36.1 Å². The third kappa shape index (κ3) is 4.36. The Bertz CT molecular complexity index is 1040. The molecular weight excluding hydrogens is 376 g/mol. The van der Waals surface area contributed by atoms with E-state index in [1.54, 1.807) is 6.08 Å². The van der Waals surface area contributed by atoms with Gasteiger partial charge in [-0.2, -0.15) is 5.10 Å². The second-order valence-corrected chi connectivity index (χ2v) is 7.77. The van der Waals surface area contributed by atoms with Crippen LogP contribution < -0.4 is 0 Å². The number of H-pyrrole nitrogens is 1. The van der Waals surface area contributed by atoms with Gasteiger partial charge >= 0.3 is 0 Å². The predicted octanol–water partition coefficient (Wildman–Crippen LogP) is 2.88. The molecule has 7 heteroatoms. The Balaban J connectivity index is 1.37. The standard InChI is InChI=1S/C23H28N6O/c1-17-15-20(18(2)29(17)21-7-5-4-6-8-21)9-10-23(30)28-13-11-27(12-14-28)16-22-24-19(3)25-26-22/h4-10,15H,11-14,16H2,1-3H3,(H,24,25,26)/b10-9+. The largest absolute Gasteiger partial charge is 0.337 e. The van der Waals surface area contributed by atoms with Crippen LogP contribution in [0.1, 0.15) is 28.6 Å². The molecule has 1 aliphatic heterocycles. The summed E-state index contributed by atoms with van der Waals surface area (Å²) in [7, 11) is 0. The fourth-order valence-corrected chi connectivity index (χ4v) is 3.98. The monoisotopic (exact) mass is 404 g/mol. The van der Waals surface area contributed by atoms with Crippen LogP contribution in [0.25, 0.3) is 11.8 Å². The van der Waals surface area contributed by atoms with E-state index in [1.165, 1.54) is 0 Å². The Hall–Kier alpha value is -3.19. The average Bonchev–Trinajstić information content (AvgIpc) is 3.29. The van der Waals surface area contributed by atoms with Crippen molar-refractivity contribution >= 4 is 12.0 Å². The molecule has 7 nitrogen and oxygen atoms in total. The van der Waals surface area contributed by atoms with Crippen molar-refractivity contribution in [1.29, 1.82) is 0 Å². The number of aromatic amines is 1. The lowest BCUT2D eigenvalue weighted by atomic mass is 10.2. The molecule has 0 saturated carbocycles. The number of nitrogens with one attached hydrogen (secondary N) is 1. The number of carbonyl (C=O) groups excluding carboxylic acids is 1. The van der Waals surface area contributed by atoms with E-state index in [-0.39, 0.29) is 5.91 Å². The molecule has 3 aromatic rings. The Morgan fingerprint density at radius 1 is 1.10 bits per heavy atom. The molecule has 1 aromatic carbocycles. The van der Waals surface area contributed by atoms with Crippen LogP contribution in [0.3, 0.4) is 0 Å². The summed E-state index contributed by atoms with van der Waals surface area (Å²) in [4.78, 5) is 21.2. The van der Waals surface area contributed by atoms with Gasteiger partial charge in [0.1, 0.15) is 5.82 Å². The lowest BCUT2D eigenvalue weighted by Crippen LogP contribution is -2.47. The number of aromatic nitrogens is 4. The van der Waals surface area contributed by atoms with Gasteiger partial charge in [0.25, 0.3) is 0 Å². The molecule has 0 aliphatic carbocycles. The maximum Gasteiger partial charge on any atom is 0.246 e. The maximum absolute atomic E-state index is 12.7. The van der Waals surface area contributed by atoms with Gasteiger partial charge < -0.3 is 9.47 Å². The number of amides is 1. The van der Waals surface area contributed by atoms with Gasteiger partial charge in [-0.1, -0.05) is 18.2 Å². The molecule has 3 heterocycles. The van der Waals surface area contributed by atoms with Crippen LogP contribution in [0.5, 0.6) is 0 Å². The van der Waals surface area contributed by atoms with Gasteiger partial charge in [0.15, 0.2) is 5.82 Å².